The lowest BCUT2D eigenvalue weighted by molar-refractivity contribution is 0.206. The van der Waals surface area contributed by atoms with E-state index in [0.29, 0.717) is 0 Å². The highest BCUT2D eigenvalue weighted by Gasteiger charge is 1.96. The molecule has 5 heteroatoms. The molecule has 0 aromatic rings. The van der Waals surface area contributed by atoms with Crippen molar-refractivity contribution in [2.75, 3.05) is 0 Å². The van der Waals surface area contributed by atoms with Gasteiger partial charge in [0.25, 0.3) is 0 Å². The third kappa shape index (κ3) is 5.37. The Bertz CT molecular complexity index is 257. The minimum absolute atomic E-state index is 0.00164. The fourth-order valence-electron chi connectivity index (χ4n) is 0.357. The molecule has 0 aliphatic carbocycles. The van der Waals surface area contributed by atoms with E-state index >= 15 is 0 Å². The smallest absolute Gasteiger partial charge is 0.409 e. The van der Waals surface area contributed by atoms with E-state index in [-0.39, 0.29) is 11.5 Å². The van der Waals surface area contributed by atoms with Gasteiger partial charge in [0.2, 0.25) is 0 Å². The Labute approximate surface area is 74.1 Å². The van der Waals surface area contributed by atoms with Crippen LogP contribution in [0.5, 0.6) is 0 Å². The maximum Gasteiger partial charge on any atom is 0.409 e. The zero-order chi connectivity index (χ0) is 9.56. The Hall–Kier alpha value is -1.42. The van der Waals surface area contributed by atoms with Gasteiger partial charge in [0.1, 0.15) is 11.5 Å². The zero-order valence-corrected chi connectivity index (χ0v) is 6.87. The summed E-state index contributed by atoms with van der Waals surface area (Å²) in [6, 6.07) is 0. The third-order valence-corrected chi connectivity index (χ3v) is 0.867. The molecule has 0 heterocycles. The summed E-state index contributed by atoms with van der Waals surface area (Å²) in [7, 11) is 0. The highest BCUT2D eigenvalue weighted by Crippen LogP contribution is 2.02. The summed E-state index contributed by atoms with van der Waals surface area (Å²) in [5.74, 6) is 0.0137. The molecule has 0 aromatic carbocycles. The quantitative estimate of drug-likeness (QED) is 0.294. The summed E-state index contributed by atoms with van der Waals surface area (Å²) in [5.41, 5.74) is -0.990. The van der Waals surface area contributed by atoms with Crippen LogP contribution in [0.4, 0.5) is 4.79 Å². The average Bonchev–Trinajstić information content (AvgIpc) is 1.99. The van der Waals surface area contributed by atoms with Crippen molar-refractivity contribution in [3.63, 3.8) is 0 Å². The predicted molar refractivity (Wildman–Crippen MR) is 45.5 cm³/mol. The fraction of sp³-hybridized carbons (Fsp3) is 0. The van der Waals surface area contributed by atoms with Crippen molar-refractivity contribution in [3.8, 4) is 0 Å². The van der Waals surface area contributed by atoms with Gasteiger partial charge in [0, 0.05) is 11.6 Å². The van der Waals surface area contributed by atoms with Gasteiger partial charge in [-0.05, 0) is 17.3 Å². The molecule has 0 aliphatic heterocycles. The standard InChI is InChI=1S/C7H6ClNO3/c1-5(9-11)3-4-6(2)12-7(8)10/h3-4H,1-2H2/b4-3-. The largest absolute Gasteiger partial charge is 0.415 e. The summed E-state index contributed by atoms with van der Waals surface area (Å²) < 4.78 is 4.31. The van der Waals surface area contributed by atoms with E-state index in [1.165, 1.54) is 12.2 Å². The number of rotatable bonds is 4. The van der Waals surface area contributed by atoms with Crippen molar-refractivity contribution in [2.45, 2.75) is 0 Å². The van der Waals surface area contributed by atoms with E-state index in [0.717, 1.165) is 0 Å². The second-order valence-electron chi connectivity index (χ2n) is 1.72. The fourth-order valence-corrected chi connectivity index (χ4v) is 0.456. The second kappa shape index (κ2) is 5.26. The van der Waals surface area contributed by atoms with Crippen molar-refractivity contribution in [1.29, 1.82) is 0 Å². The van der Waals surface area contributed by atoms with Gasteiger partial charge in [0.05, 0.1) is 0 Å². The zero-order valence-electron chi connectivity index (χ0n) is 6.12. The molecule has 64 valence electrons. The van der Waals surface area contributed by atoms with E-state index in [1.807, 2.05) is 0 Å². The van der Waals surface area contributed by atoms with Crippen molar-refractivity contribution in [3.05, 3.63) is 41.7 Å². The van der Waals surface area contributed by atoms with E-state index < -0.39 is 5.43 Å². The first-order valence-corrected chi connectivity index (χ1v) is 3.20. The summed E-state index contributed by atoms with van der Waals surface area (Å²) in [5, 5.41) is 2.49. The van der Waals surface area contributed by atoms with E-state index in [9.17, 15) is 9.70 Å². The highest BCUT2D eigenvalue weighted by atomic mass is 35.5. The molecule has 0 aromatic heterocycles. The Balaban J connectivity index is 4.00. The maximum atomic E-state index is 10.1. The lowest BCUT2D eigenvalue weighted by Gasteiger charge is -1.95. The van der Waals surface area contributed by atoms with Crippen LogP contribution in [0, 0.1) is 4.91 Å². The van der Waals surface area contributed by atoms with Gasteiger partial charge in [-0.3, -0.25) is 0 Å². The summed E-state index contributed by atoms with van der Waals surface area (Å²) in [4.78, 5) is 19.9. The van der Waals surface area contributed by atoms with Crippen molar-refractivity contribution in [1.82, 2.24) is 0 Å². The second-order valence-corrected chi connectivity index (χ2v) is 2.03. The number of carbonyl (C=O) groups is 1. The van der Waals surface area contributed by atoms with Gasteiger partial charge in [-0.15, -0.1) is 4.91 Å². The van der Waals surface area contributed by atoms with E-state index in [2.05, 4.69) is 23.1 Å². The summed E-state index contributed by atoms with van der Waals surface area (Å²) in [6.07, 6.45) is 2.50. The molecule has 12 heavy (non-hydrogen) atoms. The van der Waals surface area contributed by atoms with Crippen LogP contribution < -0.4 is 0 Å². The molecular formula is C7H6ClNO3. The number of halogens is 1. The molecule has 0 N–H and O–H groups in total. The van der Waals surface area contributed by atoms with Gasteiger partial charge in [-0.1, -0.05) is 13.2 Å². The Morgan fingerprint density at radius 3 is 2.42 bits per heavy atom. The van der Waals surface area contributed by atoms with Crippen LogP contribution in [0.25, 0.3) is 0 Å². The SMILES string of the molecule is C=C(/C=C\C(=C)OC(=O)Cl)N=O. The number of allylic oxidation sites excluding steroid dienone is 2. The lowest BCUT2D eigenvalue weighted by atomic mass is 10.4. The molecule has 0 bridgehead atoms. The van der Waals surface area contributed by atoms with Crippen LogP contribution in [0.2, 0.25) is 0 Å². The first-order chi connectivity index (χ1) is 5.56. The van der Waals surface area contributed by atoms with E-state index in [1.54, 1.807) is 0 Å². The highest BCUT2D eigenvalue weighted by molar-refractivity contribution is 6.61. The van der Waals surface area contributed by atoms with Gasteiger partial charge >= 0.3 is 5.43 Å². The monoisotopic (exact) mass is 187 g/mol. The van der Waals surface area contributed by atoms with Gasteiger partial charge < -0.3 is 4.74 Å². The molecule has 0 amide bonds. The number of nitroso groups, excluding NO2 is 1. The Morgan fingerprint density at radius 2 is 2.00 bits per heavy atom. The molecule has 0 fully saturated rings. The molecule has 0 radical (unpaired) electrons. The van der Waals surface area contributed by atoms with Gasteiger partial charge in [0.15, 0.2) is 0 Å². The minimum atomic E-state index is -0.991. The topological polar surface area (TPSA) is 55.7 Å². The minimum Gasteiger partial charge on any atom is -0.415 e. The van der Waals surface area contributed by atoms with Crippen LogP contribution in [-0.2, 0) is 4.74 Å². The lowest BCUT2D eigenvalue weighted by Crippen LogP contribution is -1.89. The van der Waals surface area contributed by atoms with Crippen LogP contribution in [0.3, 0.4) is 0 Å². The van der Waals surface area contributed by atoms with Crippen LogP contribution in [-0.4, -0.2) is 5.43 Å². The van der Waals surface area contributed by atoms with Crippen LogP contribution >= 0.6 is 11.6 Å². The molecule has 0 saturated heterocycles. The van der Waals surface area contributed by atoms with Crippen LogP contribution in [0.1, 0.15) is 0 Å². The normalized spacial score (nSPS) is 9.42. The average molecular weight is 188 g/mol. The maximum absolute atomic E-state index is 10.1. The molecule has 0 aliphatic rings. The number of ether oxygens (including phenoxy) is 1. The molecule has 0 spiro atoms. The number of carbonyl (C=O) groups excluding carboxylic acids is 1. The van der Waals surface area contributed by atoms with E-state index in [4.69, 9.17) is 11.6 Å². The first kappa shape index (κ1) is 10.6. The summed E-state index contributed by atoms with van der Waals surface area (Å²) >= 11 is 4.86. The predicted octanol–water partition coefficient (Wildman–Crippen LogP) is 2.71. The molecule has 4 nitrogen and oxygen atoms in total. The van der Waals surface area contributed by atoms with Crippen molar-refractivity contribution >= 4 is 17.0 Å². The Kier molecular flexibility index (Phi) is 4.64. The van der Waals surface area contributed by atoms with Crippen LogP contribution in [0.15, 0.2) is 41.9 Å². The molecule has 0 atom stereocenters. The van der Waals surface area contributed by atoms with Crippen molar-refractivity contribution < 1.29 is 9.53 Å². The van der Waals surface area contributed by atoms with Gasteiger partial charge in [-0.25, -0.2) is 4.79 Å². The number of nitrogens with zero attached hydrogens (tertiary/aromatic N) is 1. The molecule has 0 unspecified atom stereocenters. The first-order valence-electron chi connectivity index (χ1n) is 2.83. The molecule has 0 saturated carbocycles. The molecule has 0 rings (SSSR count). The van der Waals surface area contributed by atoms with Crippen molar-refractivity contribution in [2.24, 2.45) is 5.18 Å². The number of hydrogen-bond acceptors (Lipinski definition) is 4. The van der Waals surface area contributed by atoms with Gasteiger partial charge in [-0.2, -0.15) is 0 Å². The summed E-state index contributed by atoms with van der Waals surface area (Å²) in [6.45, 7) is 6.55. The third-order valence-electron chi connectivity index (χ3n) is 0.790. The molecular weight excluding hydrogens is 182 g/mol. The Morgan fingerprint density at radius 1 is 1.42 bits per heavy atom. The number of hydrogen-bond donors (Lipinski definition) is 0.